The molecule has 8 heteroatoms. The Bertz CT molecular complexity index is 1610. The first-order valence-electron chi connectivity index (χ1n) is 13.7. The predicted octanol–water partition coefficient (Wildman–Crippen LogP) is 5.99. The summed E-state index contributed by atoms with van der Waals surface area (Å²) in [4.78, 5) is 29.7. The molecule has 0 radical (unpaired) electrons. The highest BCUT2D eigenvalue weighted by molar-refractivity contribution is 6.01. The highest BCUT2D eigenvalue weighted by Crippen LogP contribution is 2.31. The topological polar surface area (TPSA) is 114 Å². The fraction of sp³-hybridized carbons (Fsp3) is 0.182. The summed E-state index contributed by atoms with van der Waals surface area (Å²) < 4.78 is 1.91. The molecule has 0 aliphatic carbocycles. The van der Waals surface area contributed by atoms with Crippen LogP contribution >= 0.6 is 0 Å². The van der Waals surface area contributed by atoms with Gasteiger partial charge in [0.1, 0.15) is 11.5 Å². The smallest absolute Gasteiger partial charge is 0.255 e. The summed E-state index contributed by atoms with van der Waals surface area (Å²) in [5.41, 5.74) is 12.1. The average Bonchev–Trinajstić information content (AvgIpc) is 3.39. The molecule has 210 valence electrons. The summed E-state index contributed by atoms with van der Waals surface area (Å²) in [5.74, 6) is 0.420. The Kier molecular flexibility index (Phi) is 9.85. The van der Waals surface area contributed by atoms with Crippen molar-refractivity contribution in [3.05, 3.63) is 119 Å². The number of hydrogen-bond donors (Lipinski definition) is 4. The number of nitrogens with one attached hydrogen (secondary N) is 3. The molecule has 5 N–H and O–H groups in total. The molecule has 0 atom stereocenters. The maximum absolute atomic E-state index is 13.3. The summed E-state index contributed by atoms with van der Waals surface area (Å²) in [6.07, 6.45) is 1.90. The first-order valence-corrected chi connectivity index (χ1v) is 13.7. The molecule has 5 aromatic rings. The molecule has 0 fully saturated rings. The van der Waals surface area contributed by atoms with E-state index in [0.717, 1.165) is 28.1 Å². The monoisotopic (exact) mass is 548 g/mol. The summed E-state index contributed by atoms with van der Waals surface area (Å²) in [5, 5.41) is 9.33. The van der Waals surface area contributed by atoms with Crippen molar-refractivity contribution < 1.29 is 9.59 Å². The van der Waals surface area contributed by atoms with Crippen LogP contribution in [0.25, 0.3) is 16.9 Å². The maximum Gasteiger partial charge on any atom is 0.255 e. The predicted molar refractivity (Wildman–Crippen MR) is 166 cm³/mol. The number of nitrogens with zero attached hydrogens (tertiary/aromatic N) is 2. The number of fused-ring (bicyclic) bond motifs is 1. The molecule has 3 aromatic carbocycles. The van der Waals surface area contributed by atoms with Crippen LogP contribution in [0.4, 0.5) is 11.5 Å². The van der Waals surface area contributed by atoms with E-state index in [1.54, 1.807) is 6.07 Å². The summed E-state index contributed by atoms with van der Waals surface area (Å²) in [6.45, 7) is 6.89. The molecular formula is C33H36N6O2. The van der Waals surface area contributed by atoms with E-state index in [1.807, 2.05) is 97.2 Å². The van der Waals surface area contributed by atoms with E-state index in [1.165, 1.54) is 6.92 Å². The third kappa shape index (κ3) is 7.17. The number of pyridine rings is 1. The van der Waals surface area contributed by atoms with Crippen LogP contribution in [-0.4, -0.2) is 21.2 Å². The molecule has 41 heavy (non-hydrogen) atoms. The van der Waals surface area contributed by atoms with Crippen molar-refractivity contribution in [2.75, 3.05) is 10.6 Å². The molecule has 5 rings (SSSR count). The molecule has 0 aliphatic heterocycles. The van der Waals surface area contributed by atoms with Crippen molar-refractivity contribution in [1.29, 1.82) is 0 Å². The number of anilines is 2. The number of benzene rings is 3. The highest BCUT2D eigenvalue weighted by Gasteiger charge is 2.19. The first kappa shape index (κ1) is 29.0. The number of aromatic nitrogens is 2. The standard InChI is InChI=1S/C31H30N6O2.C2H6/c1-21(38)35-26-14-12-25(13-15-26)28-30(33-19-22-7-3-2-4-8-22)37-16-6-11-27(29(37)36-28)31(39)34-20-24-10-5-9-23(17-24)18-32;1-2/h2-17,33H,18-20,32H2,1H3,(H,34,39)(H,35,38);1-2H3. The number of hydrogen-bond acceptors (Lipinski definition) is 5. The second-order valence-electron chi connectivity index (χ2n) is 9.23. The van der Waals surface area contributed by atoms with Crippen molar-refractivity contribution in [2.45, 2.75) is 40.4 Å². The molecule has 0 bridgehead atoms. The third-order valence-corrected chi connectivity index (χ3v) is 6.36. The van der Waals surface area contributed by atoms with Gasteiger partial charge in [0.05, 0.1) is 5.56 Å². The van der Waals surface area contributed by atoms with Crippen molar-refractivity contribution in [3.8, 4) is 11.3 Å². The lowest BCUT2D eigenvalue weighted by Crippen LogP contribution is -2.23. The van der Waals surface area contributed by atoms with Crippen LogP contribution in [0.15, 0.2) is 97.2 Å². The van der Waals surface area contributed by atoms with Gasteiger partial charge in [-0.3, -0.25) is 14.0 Å². The molecular weight excluding hydrogens is 512 g/mol. The Hall–Kier alpha value is -4.95. The highest BCUT2D eigenvalue weighted by atomic mass is 16.2. The largest absolute Gasteiger partial charge is 0.365 e. The van der Waals surface area contributed by atoms with Crippen LogP contribution in [0.1, 0.15) is 47.8 Å². The summed E-state index contributed by atoms with van der Waals surface area (Å²) in [7, 11) is 0. The van der Waals surface area contributed by atoms with Gasteiger partial charge in [-0.15, -0.1) is 0 Å². The van der Waals surface area contributed by atoms with Gasteiger partial charge in [0.15, 0.2) is 5.65 Å². The van der Waals surface area contributed by atoms with E-state index in [9.17, 15) is 9.59 Å². The van der Waals surface area contributed by atoms with Crippen LogP contribution in [-0.2, 0) is 24.4 Å². The molecule has 2 heterocycles. The lowest BCUT2D eigenvalue weighted by Gasteiger charge is -2.11. The van der Waals surface area contributed by atoms with Crippen LogP contribution in [0.2, 0.25) is 0 Å². The molecule has 0 unspecified atom stereocenters. The first-order chi connectivity index (χ1) is 20.0. The SMILES string of the molecule is CC.CC(=O)Nc1ccc(-c2nc3c(C(=O)NCc4cccc(CN)c4)cccn3c2NCc2ccccc2)cc1. The number of amides is 2. The Balaban J connectivity index is 0.00000189. The fourth-order valence-electron chi connectivity index (χ4n) is 4.46. The normalized spacial score (nSPS) is 10.4. The number of carbonyl (C=O) groups excluding carboxylic acids is 2. The summed E-state index contributed by atoms with van der Waals surface area (Å²) >= 11 is 0. The zero-order chi connectivity index (χ0) is 29.2. The lowest BCUT2D eigenvalue weighted by atomic mass is 10.1. The van der Waals surface area contributed by atoms with Crippen molar-refractivity contribution in [3.63, 3.8) is 0 Å². The second kappa shape index (κ2) is 13.9. The molecule has 0 saturated heterocycles. The maximum atomic E-state index is 13.3. The van der Waals surface area contributed by atoms with Gasteiger partial charge in [-0.05, 0) is 41.0 Å². The lowest BCUT2D eigenvalue weighted by molar-refractivity contribution is -0.114. The van der Waals surface area contributed by atoms with Crippen LogP contribution in [0, 0.1) is 0 Å². The Morgan fingerprint density at radius 3 is 2.24 bits per heavy atom. The van der Waals surface area contributed by atoms with Crippen molar-refractivity contribution in [2.24, 2.45) is 5.73 Å². The fourth-order valence-corrected chi connectivity index (χ4v) is 4.46. The van der Waals surface area contributed by atoms with Crippen molar-refractivity contribution >= 4 is 29.0 Å². The van der Waals surface area contributed by atoms with Gasteiger partial charge in [0.25, 0.3) is 5.91 Å². The quantitative estimate of drug-likeness (QED) is 0.181. The van der Waals surface area contributed by atoms with E-state index in [4.69, 9.17) is 10.7 Å². The Morgan fingerprint density at radius 2 is 1.54 bits per heavy atom. The van der Waals surface area contributed by atoms with Crippen LogP contribution in [0.5, 0.6) is 0 Å². The molecule has 0 spiro atoms. The van der Waals surface area contributed by atoms with Gasteiger partial charge >= 0.3 is 0 Å². The minimum absolute atomic E-state index is 0.133. The van der Waals surface area contributed by atoms with Gasteiger partial charge in [-0.25, -0.2) is 4.98 Å². The zero-order valence-corrected chi connectivity index (χ0v) is 23.6. The molecule has 2 aromatic heterocycles. The van der Waals surface area contributed by atoms with Crippen LogP contribution < -0.4 is 21.7 Å². The molecule has 2 amide bonds. The summed E-state index contributed by atoms with van der Waals surface area (Å²) in [6, 6.07) is 29.1. The number of nitrogens with two attached hydrogens (primary N) is 1. The van der Waals surface area contributed by atoms with Crippen molar-refractivity contribution in [1.82, 2.24) is 14.7 Å². The van der Waals surface area contributed by atoms with Gasteiger partial charge in [0.2, 0.25) is 5.91 Å². The second-order valence-corrected chi connectivity index (χ2v) is 9.23. The van der Waals surface area contributed by atoms with E-state index >= 15 is 0 Å². The van der Waals surface area contributed by atoms with Gasteiger partial charge in [-0.1, -0.05) is 80.6 Å². The minimum atomic E-state index is -0.217. The Morgan fingerprint density at radius 1 is 0.829 bits per heavy atom. The van der Waals surface area contributed by atoms with E-state index in [-0.39, 0.29) is 11.8 Å². The molecule has 0 aliphatic rings. The number of imidazole rings is 1. The van der Waals surface area contributed by atoms with Gasteiger partial charge < -0.3 is 21.7 Å². The average molecular weight is 549 g/mol. The van der Waals surface area contributed by atoms with Gasteiger partial charge in [0, 0.05) is 44.0 Å². The van der Waals surface area contributed by atoms with E-state index < -0.39 is 0 Å². The molecule has 8 nitrogen and oxygen atoms in total. The number of carbonyl (C=O) groups is 2. The minimum Gasteiger partial charge on any atom is -0.365 e. The van der Waals surface area contributed by atoms with E-state index in [2.05, 4.69) is 28.1 Å². The molecule has 0 saturated carbocycles. The van der Waals surface area contributed by atoms with E-state index in [0.29, 0.717) is 42.2 Å². The number of rotatable bonds is 9. The Labute approximate surface area is 240 Å². The van der Waals surface area contributed by atoms with Gasteiger partial charge in [-0.2, -0.15) is 0 Å². The third-order valence-electron chi connectivity index (χ3n) is 6.36. The zero-order valence-electron chi connectivity index (χ0n) is 23.6. The van der Waals surface area contributed by atoms with Crippen LogP contribution in [0.3, 0.4) is 0 Å².